The lowest BCUT2D eigenvalue weighted by atomic mass is 10.1. The highest BCUT2D eigenvalue weighted by molar-refractivity contribution is 7.17. The summed E-state index contributed by atoms with van der Waals surface area (Å²) in [6.07, 6.45) is 0. The zero-order valence-electron chi connectivity index (χ0n) is 7.44. The number of benzene rings is 1. The van der Waals surface area contributed by atoms with Crippen molar-refractivity contribution >= 4 is 27.4 Å². The molecule has 3 nitrogen and oxygen atoms in total. The molecule has 2 N–H and O–H groups in total. The van der Waals surface area contributed by atoms with E-state index in [1.165, 1.54) is 17.4 Å². The van der Waals surface area contributed by atoms with Crippen LogP contribution in [0.5, 0.6) is 5.75 Å². The minimum Gasteiger partial charge on any atom is -0.506 e. The molecule has 1 aromatic carbocycles. The summed E-state index contributed by atoms with van der Waals surface area (Å²) < 4.78 is 0.641. The Morgan fingerprint density at radius 1 is 1.50 bits per heavy atom. The number of carboxylic acid groups (broad SMARTS) is 1. The molecule has 2 aromatic rings. The van der Waals surface area contributed by atoms with Crippen LogP contribution < -0.4 is 0 Å². The van der Waals surface area contributed by atoms with Crippen molar-refractivity contribution < 1.29 is 15.0 Å². The summed E-state index contributed by atoms with van der Waals surface area (Å²) in [5.74, 6) is -1.23. The molecule has 0 aliphatic heterocycles. The van der Waals surface area contributed by atoms with Gasteiger partial charge in [0.1, 0.15) is 11.3 Å². The predicted molar refractivity (Wildman–Crippen MR) is 55.2 cm³/mol. The van der Waals surface area contributed by atoms with E-state index in [9.17, 15) is 9.90 Å². The average molecular weight is 208 g/mol. The second-order valence-corrected chi connectivity index (χ2v) is 3.97. The molecule has 0 radical (unpaired) electrons. The van der Waals surface area contributed by atoms with E-state index in [1.54, 1.807) is 0 Å². The highest BCUT2D eigenvalue weighted by atomic mass is 32.1. The Morgan fingerprint density at radius 2 is 2.21 bits per heavy atom. The smallest absolute Gasteiger partial charge is 0.339 e. The number of thiophene rings is 1. The van der Waals surface area contributed by atoms with Crippen LogP contribution in [0.4, 0.5) is 0 Å². The van der Waals surface area contributed by atoms with E-state index in [-0.39, 0.29) is 11.3 Å². The molecule has 0 aliphatic rings. The Hall–Kier alpha value is -1.55. The number of fused-ring (bicyclic) bond motifs is 1. The average Bonchev–Trinajstić information content (AvgIpc) is 2.59. The van der Waals surface area contributed by atoms with Gasteiger partial charge in [-0.2, -0.15) is 0 Å². The highest BCUT2D eigenvalue weighted by Crippen LogP contribution is 2.35. The second-order valence-electron chi connectivity index (χ2n) is 3.06. The summed E-state index contributed by atoms with van der Waals surface area (Å²) in [5.41, 5.74) is 0.842. The minimum absolute atomic E-state index is 0.0301. The van der Waals surface area contributed by atoms with Crippen LogP contribution in [0.3, 0.4) is 0 Å². The molecule has 0 saturated carbocycles. The number of aromatic carboxylic acids is 1. The standard InChI is InChI=1S/C10H8O3S/c1-5-4-7(10(12)13)8(11)9-6(5)2-3-14-9/h2-4,11H,1H3,(H,12,13). The van der Waals surface area contributed by atoms with Gasteiger partial charge in [0.25, 0.3) is 0 Å². The molecular formula is C10H8O3S. The van der Waals surface area contributed by atoms with Gasteiger partial charge in [-0.3, -0.25) is 0 Å². The first-order valence-electron chi connectivity index (χ1n) is 4.04. The number of aromatic hydroxyl groups is 1. The Bertz CT molecular complexity index is 513. The summed E-state index contributed by atoms with van der Waals surface area (Å²) in [4.78, 5) is 10.8. The monoisotopic (exact) mass is 208 g/mol. The Labute approximate surface area is 84.2 Å². The quantitative estimate of drug-likeness (QED) is 0.757. The molecule has 0 bridgehead atoms. The second kappa shape index (κ2) is 2.99. The molecule has 0 fully saturated rings. The molecule has 0 saturated heterocycles. The molecule has 1 heterocycles. The molecule has 2 rings (SSSR count). The lowest BCUT2D eigenvalue weighted by molar-refractivity contribution is 0.0694. The maximum Gasteiger partial charge on any atom is 0.339 e. The highest BCUT2D eigenvalue weighted by Gasteiger charge is 2.15. The van der Waals surface area contributed by atoms with E-state index in [0.717, 1.165) is 10.9 Å². The van der Waals surface area contributed by atoms with E-state index < -0.39 is 5.97 Å². The zero-order chi connectivity index (χ0) is 10.3. The van der Waals surface area contributed by atoms with Gasteiger partial charge in [-0.05, 0) is 35.4 Å². The number of hydrogen-bond donors (Lipinski definition) is 2. The summed E-state index contributed by atoms with van der Waals surface area (Å²) in [6.45, 7) is 1.83. The zero-order valence-corrected chi connectivity index (χ0v) is 8.26. The molecule has 0 aliphatic carbocycles. The predicted octanol–water partition coefficient (Wildman–Crippen LogP) is 2.61. The molecule has 0 amide bonds. The van der Waals surface area contributed by atoms with Gasteiger partial charge in [0.15, 0.2) is 0 Å². The van der Waals surface area contributed by atoms with E-state index >= 15 is 0 Å². The van der Waals surface area contributed by atoms with Crippen molar-refractivity contribution in [1.82, 2.24) is 0 Å². The van der Waals surface area contributed by atoms with E-state index in [2.05, 4.69) is 0 Å². The van der Waals surface area contributed by atoms with Gasteiger partial charge in [0.05, 0.1) is 4.70 Å². The van der Waals surface area contributed by atoms with Gasteiger partial charge < -0.3 is 10.2 Å². The lowest BCUT2D eigenvalue weighted by Gasteiger charge is -2.03. The summed E-state index contributed by atoms with van der Waals surface area (Å²) in [6, 6.07) is 3.37. The van der Waals surface area contributed by atoms with Gasteiger partial charge in [-0.25, -0.2) is 4.79 Å². The Morgan fingerprint density at radius 3 is 2.86 bits per heavy atom. The van der Waals surface area contributed by atoms with Gasteiger partial charge in [0.2, 0.25) is 0 Å². The largest absolute Gasteiger partial charge is 0.506 e. The SMILES string of the molecule is Cc1cc(C(=O)O)c(O)c2sccc12. The fourth-order valence-corrected chi connectivity index (χ4v) is 2.37. The fourth-order valence-electron chi connectivity index (χ4n) is 1.45. The van der Waals surface area contributed by atoms with Crippen LogP contribution in [0.2, 0.25) is 0 Å². The van der Waals surface area contributed by atoms with Crippen LogP contribution in [0, 0.1) is 6.92 Å². The Kier molecular flexibility index (Phi) is 1.93. The van der Waals surface area contributed by atoms with Crippen molar-refractivity contribution in [3.8, 4) is 5.75 Å². The van der Waals surface area contributed by atoms with Crippen LogP contribution in [-0.4, -0.2) is 16.2 Å². The number of phenols is 1. The molecule has 0 unspecified atom stereocenters. The third-order valence-electron chi connectivity index (χ3n) is 2.15. The molecule has 1 aromatic heterocycles. The van der Waals surface area contributed by atoms with E-state index in [4.69, 9.17) is 5.11 Å². The molecule has 0 spiro atoms. The van der Waals surface area contributed by atoms with Gasteiger partial charge in [0, 0.05) is 0 Å². The van der Waals surface area contributed by atoms with E-state index in [0.29, 0.717) is 4.70 Å². The first kappa shape index (κ1) is 9.02. The first-order valence-corrected chi connectivity index (χ1v) is 4.92. The van der Waals surface area contributed by atoms with Crippen molar-refractivity contribution in [2.24, 2.45) is 0 Å². The van der Waals surface area contributed by atoms with Gasteiger partial charge in [-0.1, -0.05) is 0 Å². The van der Waals surface area contributed by atoms with E-state index in [1.807, 2.05) is 18.4 Å². The number of rotatable bonds is 1. The first-order chi connectivity index (χ1) is 6.61. The summed E-state index contributed by atoms with van der Waals surface area (Å²) in [5, 5.41) is 21.2. The maximum absolute atomic E-state index is 10.8. The molecule has 4 heteroatoms. The minimum atomic E-state index is -1.10. The van der Waals surface area contributed by atoms with Gasteiger partial charge in [-0.15, -0.1) is 11.3 Å². The fraction of sp³-hybridized carbons (Fsp3) is 0.100. The van der Waals surface area contributed by atoms with Crippen LogP contribution in [0.15, 0.2) is 17.5 Å². The molecular weight excluding hydrogens is 200 g/mol. The molecule has 72 valence electrons. The van der Waals surface area contributed by atoms with Crippen molar-refractivity contribution in [3.05, 3.63) is 28.6 Å². The number of hydrogen-bond acceptors (Lipinski definition) is 3. The van der Waals surface area contributed by atoms with Crippen molar-refractivity contribution in [1.29, 1.82) is 0 Å². The topological polar surface area (TPSA) is 57.5 Å². The van der Waals surface area contributed by atoms with Gasteiger partial charge >= 0.3 is 5.97 Å². The van der Waals surface area contributed by atoms with Crippen LogP contribution in [0.1, 0.15) is 15.9 Å². The molecule has 0 atom stereocenters. The van der Waals surface area contributed by atoms with Crippen molar-refractivity contribution in [3.63, 3.8) is 0 Å². The van der Waals surface area contributed by atoms with Crippen molar-refractivity contribution in [2.75, 3.05) is 0 Å². The molecule has 14 heavy (non-hydrogen) atoms. The third-order valence-corrected chi connectivity index (χ3v) is 3.07. The summed E-state index contributed by atoms with van der Waals surface area (Å²) >= 11 is 1.35. The lowest BCUT2D eigenvalue weighted by Crippen LogP contribution is -1.97. The Balaban J connectivity index is 2.88. The van der Waals surface area contributed by atoms with Crippen LogP contribution in [0.25, 0.3) is 10.1 Å². The van der Waals surface area contributed by atoms with Crippen molar-refractivity contribution in [2.45, 2.75) is 6.92 Å². The van der Waals surface area contributed by atoms with Crippen LogP contribution >= 0.6 is 11.3 Å². The summed E-state index contributed by atoms with van der Waals surface area (Å²) in [7, 11) is 0. The maximum atomic E-state index is 10.8. The number of carbonyl (C=O) groups is 1. The number of carboxylic acids is 1. The van der Waals surface area contributed by atoms with Crippen LogP contribution in [-0.2, 0) is 0 Å². The third kappa shape index (κ3) is 1.15. The number of aryl methyl sites for hydroxylation is 1. The normalized spacial score (nSPS) is 10.6.